The van der Waals surface area contributed by atoms with Crippen molar-refractivity contribution in [3.63, 3.8) is 0 Å². The number of ether oxygens (including phenoxy) is 2. The van der Waals surface area contributed by atoms with Crippen LogP contribution in [0.25, 0.3) is 76.9 Å². The number of carbonyl (C=O) groups is 4. The summed E-state index contributed by atoms with van der Waals surface area (Å²) < 4.78 is 163. The van der Waals surface area contributed by atoms with Crippen molar-refractivity contribution in [1.29, 1.82) is 0 Å². The predicted molar refractivity (Wildman–Crippen MR) is 522 cm³/mol. The number of alkyl halides is 12. The number of halogens is 14. The standard InChI is InChI=1S/C26H22F3N5O.C24H26F3N5O2.C19H18F3N5.C17H22ClN5O2.C7H6BF3O2.C7H5ClO/c1-17-16-33(25(35)19-5-3-2-4-6-19)13-14-34(17)24-22-15-30-12-11-21(22)23(31-32-24)18-7-9-20(10-8-18)26(27,28)29;1-15-14-31(22(33)34-23(2,3)4)11-12-32(15)21-19-13-28-10-9-18(19)20(29-30-21)16-5-7-17(8-6-16)24(25,26)27;1-12-10-24-8-9-27(12)18-16-11-23-7-6-15(16)17(25-26-18)13-2-4-14(5-3-13)19(20,21)22;1-11-10-22(16(24)25-17(2,3)4)7-8-23(11)15-13-9-19-6-5-12(13)14(18)20-21-15;9-7(10,11)5-1-3-6(4-2-5)8(12)13;8-7(9)6-4-2-1-3-5-6/h2-12,15,17H,13-14,16H2,1H3;5-10,13,15H,11-12,14H2,1-4H3;2-7,11-12,24H,8-10H2,1H3;5-6,9,11H,7-8,10H2,1-4H3;1-4,12-13H;1-5H/t17-;15-;12-;11-;;/m1111../s1. The normalized spacial score (nSPS) is 16.4. The van der Waals surface area contributed by atoms with Gasteiger partial charge in [-0.3, -0.25) is 29.5 Å². The molecular weight excluding hydrogens is 1920 g/mol. The van der Waals surface area contributed by atoms with Crippen LogP contribution in [0.1, 0.15) is 112 Å². The molecule has 4 atom stereocenters. The average Bonchev–Trinajstić information content (AvgIpc) is 0.764. The molecule has 0 radical (unpaired) electrons. The Morgan fingerprint density at radius 3 is 0.972 bits per heavy atom. The molecule has 28 nitrogen and oxygen atoms in total. The van der Waals surface area contributed by atoms with Gasteiger partial charge >= 0.3 is 44.0 Å². The highest BCUT2D eigenvalue weighted by Gasteiger charge is 2.39. The Bertz CT molecular complexity index is 6760. The first-order chi connectivity index (χ1) is 67.7. The maximum Gasteiger partial charge on any atom is 0.488 e. The summed E-state index contributed by atoms with van der Waals surface area (Å²) in [5.41, 5.74) is 0.422. The smallest absolute Gasteiger partial charge is 0.444 e. The van der Waals surface area contributed by atoms with E-state index in [1.54, 1.807) is 95.8 Å². The zero-order valence-electron chi connectivity index (χ0n) is 78.9. The number of nitrogens with zero attached hydrogens (tertiary/aromatic N) is 19. The Hall–Kier alpha value is -14.2. The molecule has 3 amide bonds. The Labute approximate surface area is 824 Å². The highest BCUT2D eigenvalue weighted by atomic mass is 35.5. The summed E-state index contributed by atoms with van der Waals surface area (Å²) in [7, 11) is -1.73. The second kappa shape index (κ2) is 45.4. The summed E-state index contributed by atoms with van der Waals surface area (Å²) in [4.78, 5) is 78.7. The average molecular weight is 2020 g/mol. The van der Waals surface area contributed by atoms with E-state index in [0.29, 0.717) is 121 Å². The minimum atomic E-state index is -4.41. The lowest BCUT2D eigenvalue weighted by atomic mass is 9.80. The van der Waals surface area contributed by atoms with Crippen LogP contribution in [0.3, 0.4) is 0 Å². The lowest BCUT2D eigenvalue weighted by Gasteiger charge is -2.40. The largest absolute Gasteiger partial charge is 0.488 e. The van der Waals surface area contributed by atoms with E-state index in [4.69, 9.17) is 42.7 Å². The lowest BCUT2D eigenvalue weighted by molar-refractivity contribution is -0.138. The van der Waals surface area contributed by atoms with Gasteiger partial charge in [-0.15, -0.1) is 40.8 Å². The number of anilines is 4. The van der Waals surface area contributed by atoms with E-state index in [9.17, 15) is 71.9 Å². The van der Waals surface area contributed by atoms with Gasteiger partial charge in [-0.1, -0.05) is 121 Å². The molecule has 0 aliphatic carbocycles. The molecule has 43 heteroatoms. The van der Waals surface area contributed by atoms with Crippen molar-refractivity contribution < 1.29 is 91.4 Å². The Morgan fingerprint density at radius 1 is 0.364 bits per heavy atom. The van der Waals surface area contributed by atoms with Crippen LogP contribution in [-0.4, -0.2) is 230 Å². The highest BCUT2D eigenvalue weighted by Crippen LogP contribution is 2.41. The molecule has 0 spiro atoms. The van der Waals surface area contributed by atoms with Gasteiger partial charge in [-0.2, -0.15) is 52.7 Å². The number of piperazine rings is 4. The number of hydrogen-bond acceptors (Lipinski definition) is 25. The maximum absolute atomic E-state index is 13.0. The first kappa shape index (κ1) is 106. The molecule has 0 unspecified atom stereocenters. The monoisotopic (exact) mass is 2020 g/mol. The molecule has 18 rings (SSSR count). The predicted octanol–water partition coefficient (Wildman–Crippen LogP) is 19.3. The molecule has 143 heavy (non-hydrogen) atoms. The van der Waals surface area contributed by atoms with Gasteiger partial charge in [0, 0.05) is 223 Å². The zero-order chi connectivity index (χ0) is 103. The third kappa shape index (κ3) is 27.0. The SMILES string of the molecule is C[C@@H]1CN(C(=O)OC(C)(C)C)CCN1c1nnc(-c2ccc(C(F)(F)F)cc2)c2ccncc12.C[C@@H]1CN(C(=O)OC(C)(C)C)CCN1c1nnc(Cl)c2ccncc12.C[C@@H]1CN(C(=O)c2ccccc2)CCN1c1nnc(-c2ccc(C(F)(F)F)cc2)c2ccncc12.C[C@@H]1CNCCN1c1nnc(-c2ccc(C(F)(F)F)cc2)c2ccncc12.O=C(Cl)c1ccccc1.OB(O)c1ccc(C(F)(F)F)cc1. The molecule has 4 aliphatic heterocycles. The van der Waals surface area contributed by atoms with Gasteiger partial charge in [-0.05, 0) is 159 Å². The van der Waals surface area contributed by atoms with E-state index in [-0.39, 0.29) is 47.7 Å². The zero-order valence-corrected chi connectivity index (χ0v) is 80.5. The minimum absolute atomic E-state index is 0.00707. The van der Waals surface area contributed by atoms with Gasteiger partial charge in [0.25, 0.3) is 11.1 Å². The summed E-state index contributed by atoms with van der Waals surface area (Å²) >= 11 is 11.3. The molecule has 4 aliphatic rings. The second-order valence-electron chi connectivity index (χ2n) is 35.8. The molecule has 0 saturated carbocycles. The number of nitrogens with one attached hydrogen (secondary N) is 1. The Balaban J connectivity index is 0.000000150. The number of pyridine rings is 4. The molecule has 4 saturated heterocycles. The molecule has 748 valence electrons. The fraction of sp³-hybridized carbons (Fsp3) is 0.320. The van der Waals surface area contributed by atoms with Gasteiger partial charge in [0.15, 0.2) is 28.4 Å². The number of aromatic nitrogens is 12. The number of hydrogen-bond donors (Lipinski definition) is 3. The van der Waals surface area contributed by atoms with E-state index in [2.05, 4.69) is 99.5 Å². The summed E-state index contributed by atoms with van der Waals surface area (Å²) in [5.74, 6) is 2.75. The van der Waals surface area contributed by atoms with Crippen LogP contribution in [0.4, 0.5) is 85.5 Å². The van der Waals surface area contributed by atoms with Crippen molar-refractivity contribution in [2.24, 2.45) is 0 Å². The van der Waals surface area contributed by atoms with Crippen molar-refractivity contribution in [3.05, 3.63) is 270 Å². The van der Waals surface area contributed by atoms with Crippen LogP contribution < -0.4 is 30.4 Å². The van der Waals surface area contributed by atoms with Gasteiger partial charge in [-0.25, -0.2) is 9.59 Å². The number of carbonyl (C=O) groups excluding carboxylic acids is 4. The second-order valence-corrected chi connectivity index (χ2v) is 36.5. The molecule has 14 aromatic rings. The third-order valence-corrected chi connectivity index (χ3v) is 23.8. The Morgan fingerprint density at radius 2 is 0.664 bits per heavy atom. The van der Waals surface area contributed by atoms with Crippen molar-refractivity contribution in [2.75, 3.05) is 98.1 Å². The first-order valence-corrected chi connectivity index (χ1v) is 45.9. The van der Waals surface area contributed by atoms with E-state index in [0.717, 1.165) is 135 Å². The molecule has 0 bridgehead atoms. The molecule has 6 aromatic carbocycles. The molecule has 3 N–H and O–H groups in total. The third-order valence-electron chi connectivity index (χ3n) is 23.3. The summed E-state index contributed by atoms with van der Waals surface area (Å²) in [6, 6.07) is 43.8. The fourth-order valence-electron chi connectivity index (χ4n) is 16.2. The van der Waals surface area contributed by atoms with Crippen molar-refractivity contribution in [1.82, 2.24) is 80.7 Å². The summed E-state index contributed by atoms with van der Waals surface area (Å²) in [6.07, 6.45) is -4.75. The molecule has 12 heterocycles. The topological polar surface area (TPSA) is 317 Å². The lowest BCUT2D eigenvalue weighted by Crippen LogP contribution is -2.55. The fourth-order valence-corrected chi connectivity index (χ4v) is 16.5. The van der Waals surface area contributed by atoms with Crippen LogP contribution in [0, 0.1) is 0 Å². The van der Waals surface area contributed by atoms with Crippen LogP contribution in [0.5, 0.6) is 0 Å². The number of benzene rings is 6. The van der Waals surface area contributed by atoms with Crippen LogP contribution in [-0.2, 0) is 34.2 Å². The van der Waals surface area contributed by atoms with E-state index in [1.807, 2.05) is 109 Å². The van der Waals surface area contributed by atoms with Crippen molar-refractivity contribution in [3.8, 4) is 33.8 Å². The molecule has 4 fully saturated rings. The van der Waals surface area contributed by atoms with Gasteiger partial charge in [0.2, 0.25) is 0 Å². The van der Waals surface area contributed by atoms with E-state index in [1.165, 1.54) is 36.4 Å². The van der Waals surface area contributed by atoms with Gasteiger partial charge < -0.3 is 59.1 Å². The first-order valence-electron chi connectivity index (χ1n) is 45.1. The number of rotatable bonds is 10. The minimum Gasteiger partial charge on any atom is -0.444 e. The quantitative estimate of drug-likeness (QED) is 0.0650. The van der Waals surface area contributed by atoms with E-state index >= 15 is 0 Å². The number of fused-ring (bicyclic) bond motifs is 4. The van der Waals surface area contributed by atoms with Crippen molar-refractivity contribution in [2.45, 2.75) is 129 Å². The highest BCUT2D eigenvalue weighted by molar-refractivity contribution is 6.67. The summed E-state index contributed by atoms with van der Waals surface area (Å²) in [6.45, 7) is 26.6. The van der Waals surface area contributed by atoms with Gasteiger partial charge in [0.1, 0.15) is 28.3 Å². The number of amides is 3. The molecular formula is C100H99BCl2F12N20O8. The Kier molecular flexibility index (Phi) is 33.7. The van der Waals surface area contributed by atoms with E-state index < -0.39 is 70.5 Å². The summed E-state index contributed by atoms with van der Waals surface area (Å²) in [5, 5.41) is 61.6. The maximum atomic E-state index is 13.0. The van der Waals surface area contributed by atoms with Crippen molar-refractivity contribution >= 4 is 125 Å². The van der Waals surface area contributed by atoms with Crippen LogP contribution in [0.2, 0.25) is 5.15 Å². The van der Waals surface area contributed by atoms with Crippen LogP contribution in [0.15, 0.2) is 232 Å². The van der Waals surface area contributed by atoms with Crippen LogP contribution >= 0.6 is 23.2 Å². The van der Waals surface area contributed by atoms with Gasteiger partial charge in [0.05, 0.1) is 22.3 Å². The molecule has 8 aromatic heterocycles.